The van der Waals surface area contributed by atoms with Crippen LogP contribution in [0.5, 0.6) is 0 Å². The predicted molar refractivity (Wildman–Crippen MR) is 120 cm³/mol. The van der Waals surface area contributed by atoms with Gasteiger partial charge in [0.15, 0.2) is 5.82 Å². The minimum Gasteiger partial charge on any atom is -0.319 e. The van der Waals surface area contributed by atoms with Crippen LogP contribution < -0.4 is 5.32 Å². The Hall–Kier alpha value is -3.44. The van der Waals surface area contributed by atoms with E-state index in [2.05, 4.69) is 15.4 Å². The molecule has 1 heterocycles. The lowest BCUT2D eigenvalue weighted by atomic mass is 10.1. The molecule has 0 radical (unpaired) electrons. The first-order valence-corrected chi connectivity index (χ1v) is 9.97. The van der Waals surface area contributed by atoms with Crippen molar-refractivity contribution >= 4 is 23.2 Å². The third kappa shape index (κ3) is 4.11. The summed E-state index contributed by atoms with van der Waals surface area (Å²) in [5.74, 6) is 0.275. The molecule has 0 saturated carbocycles. The summed E-state index contributed by atoms with van der Waals surface area (Å²) in [6.45, 7) is 5.98. The summed E-state index contributed by atoms with van der Waals surface area (Å²) in [6, 6.07) is 21.1. The molecule has 0 aliphatic carbocycles. The lowest BCUT2D eigenvalue weighted by Gasteiger charge is -2.07. The predicted octanol–water partition coefficient (Wildman–Crippen LogP) is 5.77. The van der Waals surface area contributed by atoms with E-state index in [-0.39, 0.29) is 11.7 Å². The summed E-state index contributed by atoms with van der Waals surface area (Å²) < 4.78 is 1.68. The van der Waals surface area contributed by atoms with Gasteiger partial charge in [0, 0.05) is 16.3 Å². The molecule has 0 spiro atoms. The second-order valence-electron chi connectivity index (χ2n) is 7.29. The van der Waals surface area contributed by atoms with Gasteiger partial charge in [-0.1, -0.05) is 53.6 Å². The van der Waals surface area contributed by atoms with Gasteiger partial charge in [0.05, 0.1) is 5.69 Å². The number of carbonyl (C=O) groups excluding carboxylic acids is 1. The minimum atomic E-state index is -0.364. The number of anilines is 1. The second kappa shape index (κ2) is 8.13. The largest absolute Gasteiger partial charge is 0.319 e. The number of rotatable bonds is 4. The fourth-order valence-electron chi connectivity index (χ4n) is 3.29. The number of hydrogen-bond donors (Lipinski definition) is 1. The Kier molecular flexibility index (Phi) is 5.38. The van der Waals surface area contributed by atoms with Crippen molar-refractivity contribution in [3.05, 3.63) is 94.3 Å². The summed E-state index contributed by atoms with van der Waals surface area (Å²) in [5, 5.41) is 8.03. The highest BCUT2D eigenvalue weighted by Crippen LogP contribution is 2.25. The van der Waals surface area contributed by atoms with Crippen LogP contribution in [-0.4, -0.2) is 20.7 Å². The molecule has 30 heavy (non-hydrogen) atoms. The Labute approximate surface area is 180 Å². The Balaban J connectivity index is 1.77. The second-order valence-corrected chi connectivity index (χ2v) is 7.73. The van der Waals surface area contributed by atoms with Crippen molar-refractivity contribution in [2.45, 2.75) is 20.8 Å². The number of benzene rings is 3. The molecule has 0 aliphatic heterocycles. The van der Waals surface area contributed by atoms with E-state index in [1.807, 2.05) is 81.4 Å². The number of nitrogens with zero attached hydrogens (tertiary/aromatic N) is 3. The van der Waals surface area contributed by atoms with Gasteiger partial charge in [-0.05, 0) is 62.2 Å². The fourth-order valence-corrected chi connectivity index (χ4v) is 3.48. The van der Waals surface area contributed by atoms with E-state index in [0.717, 1.165) is 33.6 Å². The van der Waals surface area contributed by atoms with E-state index in [4.69, 9.17) is 11.6 Å². The zero-order chi connectivity index (χ0) is 21.3. The van der Waals surface area contributed by atoms with Gasteiger partial charge in [-0.15, -0.1) is 5.10 Å². The van der Waals surface area contributed by atoms with Gasteiger partial charge in [-0.3, -0.25) is 4.79 Å². The molecule has 3 aromatic carbocycles. The van der Waals surface area contributed by atoms with Gasteiger partial charge in [-0.2, -0.15) is 0 Å². The Morgan fingerprint density at radius 3 is 2.43 bits per heavy atom. The van der Waals surface area contributed by atoms with Crippen LogP contribution in [0.1, 0.15) is 27.3 Å². The minimum absolute atomic E-state index is 0.0893. The van der Waals surface area contributed by atoms with E-state index in [1.165, 1.54) is 0 Å². The summed E-state index contributed by atoms with van der Waals surface area (Å²) in [4.78, 5) is 17.5. The number of halogens is 1. The highest BCUT2D eigenvalue weighted by molar-refractivity contribution is 6.30. The average Bonchev–Trinajstić information content (AvgIpc) is 3.16. The Bertz CT molecular complexity index is 1180. The van der Waals surface area contributed by atoms with Crippen LogP contribution >= 0.6 is 11.6 Å². The molecule has 4 aromatic rings. The number of amides is 1. The van der Waals surface area contributed by atoms with Gasteiger partial charge in [0.1, 0.15) is 0 Å². The van der Waals surface area contributed by atoms with Crippen molar-refractivity contribution in [3.8, 4) is 17.1 Å². The number of aromatic nitrogens is 3. The van der Waals surface area contributed by atoms with Crippen molar-refractivity contribution in [1.82, 2.24) is 14.8 Å². The molecule has 0 fully saturated rings. The van der Waals surface area contributed by atoms with Crippen molar-refractivity contribution in [2.24, 2.45) is 0 Å². The quantitative estimate of drug-likeness (QED) is 0.459. The van der Waals surface area contributed by atoms with Crippen LogP contribution in [0.4, 0.5) is 5.69 Å². The molecule has 1 aromatic heterocycles. The molecule has 0 aliphatic rings. The summed E-state index contributed by atoms with van der Waals surface area (Å²) in [5.41, 5.74) is 5.54. The SMILES string of the molecule is Cc1cccc(-n2nc(C(=O)Nc3ccc(C)cc3C)nc2-c2cccc(Cl)c2)c1. The van der Waals surface area contributed by atoms with Crippen LogP contribution in [0.15, 0.2) is 66.7 Å². The van der Waals surface area contributed by atoms with E-state index in [9.17, 15) is 4.79 Å². The molecule has 6 heteroatoms. The van der Waals surface area contributed by atoms with Crippen molar-refractivity contribution in [2.75, 3.05) is 5.32 Å². The van der Waals surface area contributed by atoms with Crippen molar-refractivity contribution in [1.29, 1.82) is 0 Å². The molecule has 0 unspecified atom stereocenters. The summed E-state index contributed by atoms with van der Waals surface area (Å²) in [6.07, 6.45) is 0. The van der Waals surface area contributed by atoms with Crippen molar-refractivity contribution < 1.29 is 4.79 Å². The third-order valence-corrected chi connectivity index (χ3v) is 5.00. The number of carbonyl (C=O) groups is 1. The van der Waals surface area contributed by atoms with Crippen LogP contribution in [0, 0.1) is 20.8 Å². The molecule has 4 rings (SSSR count). The van der Waals surface area contributed by atoms with E-state index >= 15 is 0 Å². The van der Waals surface area contributed by atoms with Gasteiger partial charge < -0.3 is 5.32 Å². The molecular formula is C24H21ClN4O. The van der Waals surface area contributed by atoms with Crippen LogP contribution in [0.2, 0.25) is 5.02 Å². The molecule has 5 nitrogen and oxygen atoms in total. The van der Waals surface area contributed by atoms with Gasteiger partial charge in [-0.25, -0.2) is 9.67 Å². The molecule has 1 N–H and O–H groups in total. The van der Waals surface area contributed by atoms with Crippen molar-refractivity contribution in [3.63, 3.8) is 0 Å². The number of hydrogen-bond acceptors (Lipinski definition) is 3. The van der Waals surface area contributed by atoms with Gasteiger partial charge >= 0.3 is 0 Å². The molecule has 0 saturated heterocycles. The Morgan fingerprint density at radius 2 is 1.70 bits per heavy atom. The summed E-state index contributed by atoms with van der Waals surface area (Å²) in [7, 11) is 0. The molecule has 0 atom stereocenters. The van der Waals surface area contributed by atoms with Crippen LogP contribution in [0.3, 0.4) is 0 Å². The lowest BCUT2D eigenvalue weighted by molar-refractivity contribution is 0.101. The first-order chi connectivity index (χ1) is 14.4. The van der Waals surface area contributed by atoms with E-state index < -0.39 is 0 Å². The fraction of sp³-hybridized carbons (Fsp3) is 0.125. The highest BCUT2D eigenvalue weighted by Gasteiger charge is 2.19. The summed E-state index contributed by atoms with van der Waals surface area (Å²) >= 11 is 6.19. The van der Waals surface area contributed by atoms with Crippen LogP contribution in [0.25, 0.3) is 17.1 Å². The van der Waals surface area contributed by atoms with Gasteiger partial charge in [0.2, 0.25) is 5.82 Å². The first-order valence-electron chi connectivity index (χ1n) is 9.59. The van der Waals surface area contributed by atoms with E-state index in [0.29, 0.717) is 10.8 Å². The molecule has 0 bridgehead atoms. The first kappa shape index (κ1) is 19.9. The normalized spacial score (nSPS) is 10.8. The zero-order valence-electron chi connectivity index (χ0n) is 17.0. The average molecular weight is 417 g/mol. The maximum Gasteiger partial charge on any atom is 0.295 e. The third-order valence-electron chi connectivity index (χ3n) is 4.77. The molecule has 1 amide bonds. The number of nitrogens with one attached hydrogen (secondary N) is 1. The molecular weight excluding hydrogens is 396 g/mol. The maximum atomic E-state index is 12.9. The highest BCUT2D eigenvalue weighted by atomic mass is 35.5. The lowest BCUT2D eigenvalue weighted by Crippen LogP contribution is -2.15. The zero-order valence-corrected chi connectivity index (χ0v) is 17.7. The smallest absolute Gasteiger partial charge is 0.295 e. The standard InChI is InChI=1S/C24H21ClN4O/c1-15-6-4-9-20(13-15)29-23(18-7-5-8-19(25)14-18)27-22(28-29)24(30)26-21-11-10-16(2)12-17(21)3/h4-14H,1-3H3,(H,26,30). The van der Waals surface area contributed by atoms with Gasteiger partial charge in [0.25, 0.3) is 5.91 Å². The maximum absolute atomic E-state index is 12.9. The topological polar surface area (TPSA) is 59.8 Å². The van der Waals surface area contributed by atoms with Crippen LogP contribution in [-0.2, 0) is 0 Å². The number of aryl methyl sites for hydroxylation is 3. The monoisotopic (exact) mass is 416 g/mol. The Morgan fingerprint density at radius 1 is 0.933 bits per heavy atom. The molecule has 150 valence electrons. The van der Waals surface area contributed by atoms with E-state index in [1.54, 1.807) is 10.7 Å².